The number of nitrogens with zero attached hydrogens (tertiary/aromatic N) is 4. The van der Waals surface area contributed by atoms with Crippen molar-refractivity contribution in [3.05, 3.63) is 42.0 Å². The largest absolute Gasteiger partial charge is 0.497 e. The summed E-state index contributed by atoms with van der Waals surface area (Å²) in [5, 5.41) is 8.24. The number of hydrogen-bond donors (Lipinski definition) is 2. The summed E-state index contributed by atoms with van der Waals surface area (Å²) >= 11 is 0. The molecule has 3 atom stereocenters. The third-order valence-corrected chi connectivity index (χ3v) is 5.60. The molecule has 2 aliphatic heterocycles. The van der Waals surface area contributed by atoms with Gasteiger partial charge in [-0.15, -0.1) is 10.2 Å². The van der Waals surface area contributed by atoms with Crippen molar-refractivity contribution in [2.24, 2.45) is 13.0 Å². The molecule has 8 heteroatoms. The number of hydrazine groups is 1. The van der Waals surface area contributed by atoms with E-state index in [0.717, 1.165) is 36.5 Å². The van der Waals surface area contributed by atoms with Crippen LogP contribution in [0.25, 0.3) is 0 Å². The van der Waals surface area contributed by atoms with E-state index in [0.29, 0.717) is 13.1 Å². The highest BCUT2D eigenvalue weighted by molar-refractivity contribution is 5.80. The molecule has 1 aromatic heterocycles. The molecule has 0 spiro atoms. The molecule has 2 fully saturated rings. The van der Waals surface area contributed by atoms with Gasteiger partial charge in [0.25, 0.3) is 0 Å². The van der Waals surface area contributed by atoms with Crippen LogP contribution in [0.2, 0.25) is 0 Å². The van der Waals surface area contributed by atoms with Crippen LogP contribution in [0.5, 0.6) is 5.75 Å². The van der Waals surface area contributed by atoms with Gasteiger partial charge in [-0.25, -0.2) is 5.43 Å². The summed E-state index contributed by atoms with van der Waals surface area (Å²) in [6.45, 7) is 2.12. The molecule has 27 heavy (non-hydrogen) atoms. The number of aromatic nitrogens is 3. The number of piperidine rings is 1. The Morgan fingerprint density at radius 3 is 3.04 bits per heavy atom. The van der Waals surface area contributed by atoms with E-state index in [1.807, 2.05) is 40.8 Å². The Balaban J connectivity index is 1.50. The van der Waals surface area contributed by atoms with E-state index in [2.05, 4.69) is 21.0 Å². The number of carbonyl (C=O) groups excluding carboxylic acids is 1. The van der Waals surface area contributed by atoms with Gasteiger partial charge in [-0.3, -0.25) is 10.2 Å². The van der Waals surface area contributed by atoms with Gasteiger partial charge in [0.15, 0.2) is 0 Å². The van der Waals surface area contributed by atoms with E-state index in [-0.39, 0.29) is 23.8 Å². The Kier molecular flexibility index (Phi) is 5.09. The first-order valence-corrected chi connectivity index (χ1v) is 9.42. The van der Waals surface area contributed by atoms with Crippen molar-refractivity contribution in [2.75, 3.05) is 26.7 Å². The van der Waals surface area contributed by atoms with E-state index in [1.54, 1.807) is 13.4 Å². The Morgan fingerprint density at radius 1 is 1.37 bits per heavy atom. The molecular formula is C19H26N6O2. The number of aryl methyl sites for hydroxylation is 1. The van der Waals surface area contributed by atoms with Gasteiger partial charge < -0.3 is 14.2 Å². The molecule has 2 N–H and O–H groups in total. The third-order valence-electron chi connectivity index (χ3n) is 5.60. The minimum atomic E-state index is -0.143. The maximum absolute atomic E-state index is 13.3. The van der Waals surface area contributed by atoms with Crippen LogP contribution in [0.15, 0.2) is 30.6 Å². The lowest BCUT2D eigenvalue weighted by molar-refractivity contribution is -0.136. The lowest BCUT2D eigenvalue weighted by Gasteiger charge is -2.34. The first-order valence-electron chi connectivity index (χ1n) is 9.42. The van der Waals surface area contributed by atoms with Crippen molar-refractivity contribution >= 4 is 5.91 Å². The first kappa shape index (κ1) is 17.9. The standard InChI is InChI=1S/C19H26N6O2/c1-24-12-21-23-18(24)14-6-4-8-25(11-14)19(26)16-10-20-22-17(16)13-5-3-7-15(9-13)27-2/h3,5,7,9,12,14,16-17,20,22H,4,6,8,10-11H2,1-2H3. The minimum Gasteiger partial charge on any atom is -0.497 e. The van der Waals surface area contributed by atoms with Crippen molar-refractivity contribution < 1.29 is 9.53 Å². The number of likely N-dealkylation sites (tertiary alicyclic amines) is 1. The molecule has 3 heterocycles. The molecule has 144 valence electrons. The number of hydrogen-bond acceptors (Lipinski definition) is 6. The second kappa shape index (κ2) is 7.66. The quantitative estimate of drug-likeness (QED) is 0.835. The average molecular weight is 370 g/mol. The van der Waals surface area contributed by atoms with Crippen molar-refractivity contribution in [3.63, 3.8) is 0 Å². The second-order valence-electron chi connectivity index (χ2n) is 7.31. The fraction of sp³-hybridized carbons (Fsp3) is 0.526. The number of rotatable bonds is 4. The highest BCUT2D eigenvalue weighted by atomic mass is 16.5. The molecule has 0 bridgehead atoms. The maximum Gasteiger partial charge on any atom is 0.229 e. The molecule has 0 saturated carbocycles. The predicted molar refractivity (Wildman–Crippen MR) is 99.9 cm³/mol. The van der Waals surface area contributed by atoms with Crippen molar-refractivity contribution in [2.45, 2.75) is 24.8 Å². The van der Waals surface area contributed by atoms with E-state index in [9.17, 15) is 4.79 Å². The maximum atomic E-state index is 13.3. The van der Waals surface area contributed by atoms with Gasteiger partial charge >= 0.3 is 0 Å². The molecule has 2 aliphatic rings. The first-order chi connectivity index (χ1) is 13.2. The van der Waals surface area contributed by atoms with Crippen LogP contribution in [0.1, 0.15) is 36.2 Å². The monoisotopic (exact) mass is 370 g/mol. The van der Waals surface area contributed by atoms with Gasteiger partial charge in [-0.05, 0) is 30.5 Å². The Morgan fingerprint density at radius 2 is 2.26 bits per heavy atom. The van der Waals surface area contributed by atoms with Gasteiger partial charge in [0.2, 0.25) is 5.91 Å². The summed E-state index contributed by atoms with van der Waals surface area (Å²) < 4.78 is 7.29. The normalized spacial score (nSPS) is 25.6. The van der Waals surface area contributed by atoms with Gasteiger partial charge in [0.1, 0.15) is 17.9 Å². The second-order valence-corrected chi connectivity index (χ2v) is 7.31. The molecule has 3 unspecified atom stereocenters. The minimum absolute atomic E-state index is 0.0668. The predicted octanol–water partition coefficient (Wildman–Crippen LogP) is 0.995. The topological polar surface area (TPSA) is 84.3 Å². The van der Waals surface area contributed by atoms with Crippen molar-refractivity contribution in [1.82, 2.24) is 30.5 Å². The number of ether oxygens (including phenoxy) is 1. The summed E-state index contributed by atoms with van der Waals surface area (Å²) in [5.41, 5.74) is 7.48. The smallest absolute Gasteiger partial charge is 0.229 e. The van der Waals surface area contributed by atoms with Crippen LogP contribution in [0, 0.1) is 5.92 Å². The lowest BCUT2D eigenvalue weighted by Crippen LogP contribution is -2.44. The van der Waals surface area contributed by atoms with Crippen LogP contribution in [0.3, 0.4) is 0 Å². The Hall–Kier alpha value is -2.45. The molecule has 1 amide bonds. The molecule has 1 aromatic carbocycles. The Labute approximate surface area is 158 Å². The van der Waals surface area contributed by atoms with Crippen molar-refractivity contribution in [1.29, 1.82) is 0 Å². The van der Waals surface area contributed by atoms with E-state index in [4.69, 9.17) is 4.74 Å². The highest BCUT2D eigenvalue weighted by Gasteiger charge is 2.38. The third kappa shape index (κ3) is 3.54. The number of nitrogens with one attached hydrogen (secondary N) is 2. The summed E-state index contributed by atoms with van der Waals surface area (Å²) in [4.78, 5) is 15.3. The van der Waals surface area contributed by atoms with Crippen molar-refractivity contribution in [3.8, 4) is 5.75 Å². The van der Waals surface area contributed by atoms with Crippen LogP contribution < -0.4 is 15.6 Å². The summed E-state index contributed by atoms with van der Waals surface area (Å²) in [7, 11) is 3.61. The van der Waals surface area contributed by atoms with E-state index < -0.39 is 0 Å². The SMILES string of the molecule is COc1cccc(C2NNCC2C(=O)N2CCCC(c3nncn3C)C2)c1. The zero-order chi connectivity index (χ0) is 18.8. The van der Waals surface area contributed by atoms with E-state index in [1.165, 1.54) is 0 Å². The summed E-state index contributed by atoms with van der Waals surface area (Å²) in [6, 6.07) is 7.83. The van der Waals surface area contributed by atoms with Crippen LogP contribution in [-0.2, 0) is 11.8 Å². The fourth-order valence-corrected chi connectivity index (χ4v) is 4.16. The van der Waals surface area contributed by atoms with Gasteiger partial charge in [-0.1, -0.05) is 12.1 Å². The number of carbonyl (C=O) groups is 1. The summed E-state index contributed by atoms with van der Waals surface area (Å²) in [5.74, 6) is 2.04. The number of methoxy groups -OCH3 is 1. The highest BCUT2D eigenvalue weighted by Crippen LogP contribution is 2.31. The zero-order valence-electron chi connectivity index (χ0n) is 15.8. The van der Waals surface area contributed by atoms with Gasteiger partial charge in [0, 0.05) is 32.6 Å². The molecule has 4 rings (SSSR count). The molecule has 2 saturated heterocycles. The van der Waals surface area contributed by atoms with Crippen LogP contribution in [0.4, 0.5) is 0 Å². The fourth-order valence-electron chi connectivity index (χ4n) is 4.16. The summed E-state index contributed by atoms with van der Waals surface area (Å²) in [6.07, 6.45) is 3.75. The molecule has 2 aromatic rings. The average Bonchev–Trinajstić information content (AvgIpc) is 3.36. The molecule has 0 radical (unpaired) electrons. The van der Waals surface area contributed by atoms with E-state index >= 15 is 0 Å². The van der Waals surface area contributed by atoms with Crippen LogP contribution >= 0.6 is 0 Å². The van der Waals surface area contributed by atoms with Gasteiger partial charge in [-0.2, -0.15) is 0 Å². The van der Waals surface area contributed by atoms with Crippen LogP contribution in [-0.4, -0.2) is 52.3 Å². The van der Waals surface area contributed by atoms with Gasteiger partial charge in [0.05, 0.1) is 19.1 Å². The number of amides is 1. The number of benzene rings is 1. The molecular weight excluding hydrogens is 344 g/mol. The molecule has 8 nitrogen and oxygen atoms in total. The lowest BCUT2D eigenvalue weighted by atomic mass is 9.91. The Bertz CT molecular complexity index is 807. The zero-order valence-corrected chi connectivity index (χ0v) is 15.8. The molecule has 0 aliphatic carbocycles.